The van der Waals surface area contributed by atoms with E-state index in [1.165, 1.54) is 51.2 Å². The van der Waals surface area contributed by atoms with E-state index in [9.17, 15) is 32.0 Å². The Labute approximate surface area is 357 Å². The number of unbranched alkanes of at least 4 members (excludes halogenated alkanes) is 1. The van der Waals surface area contributed by atoms with Crippen molar-refractivity contribution in [2.45, 2.75) is 82.9 Å². The number of nitrogens with zero attached hydrogens (tertiary/aromatic N) is 4. The molecule has 328 valence electrons. The quantitative estimate of drug-likeness (QED) is 0.0666. The summed E-state index contributed by atoms with van der Waals surface area (Å²) in [6.45, 7) is 8.97. The molecule has 0 radical (unpaired) electrons. The molecular weight excluding hydrogens is 828 g/mol. The highest BCUT2D eigenvalue weighted by atomic mass is 32.2. The number of hydrogen-bond acceptors (Lipinski definition) is 12. The van der Waals surface area contributed by atoms with Crippen molar-refractivity contribution in [2.75, 3.05) is 46.9 Å². The van der Waals surface area contributed by atoms with E-state index in [1.54, 1.807) is 25.1 Å². The number of aromatic nitrogens is 2. The number of fused-ring (bicyclic) bond motifs is 1. The third kappa shape index (κ3) is 9.52. The average molecular weight is 876 g/mol. The minimum absolute atomic E-state index is 0.0375. The lowest BCUT2D eigenvalue weighted by Gasteiger charge is -2.32. The van der Waals surface area contributed by atoms with Gasteiger partial charge in [-0.15, -0.1) is 0 Å². The second kappa shape index (κ2) is 17.7. The van der Waals surface area contributed by atoms with Crippen molar-refractivity contribution in [1.82, 2.24) is 25.1 Å². The molecule has 0 spiro atoms. The van der Waals surface area contributed by atoms with Crippen LogP contribution in [0.25, 0.3) is 0 Å². The fraction of sp³-hybridized carbons (Fsp3) is 0.395. The number of rotatable bonds is 14. The van der Waals surface area contributed by atoms with Crippen LogP contribution in [-0.2, 0) is 19.6 Å². The smallest absolute Gasteiger partial charge is 0.262 e. The monoisotopic (exact) mass is 875 g/mol. The second-order valence-electron chi connectivity index (χ2n) is 16.7. The summed E-state index contributed by atoms with van der Waals surface area (Å²) in [4.78, 5) is 61.9. The third-order valence-corrected chi connectivity index (χ3v) is 13.4. The fourth-order valence-corrected chi connectivity index (χ4v) is 8.39. The van der Waals surface area contributed by atoms with Gasteiger partial charge in [0.05, 0.1) is 21.6 Å². The molecule has 4 aromatic rings. The molecule has 0 saturated carbocycles. The number of carbonyl (C=O) groups excluding carboxylic acids is 4. The first-order valence-electron chi connectivity index (χ1n) is 20.4. The van der Waals surface area contributed by atoms with E-state index in [-0.39, 0.29) is 52.8 Å². The summed E-state index contributed by atoms with van der Waals surface area (Å²) in [5.41, 5.74) is 1.94. The highest BCUT2D eigenvalue weighted by Crippen LogP contribution is 2.35. The Morgan fingerprint density at radius 2 is 1.52 bits per heavy atom. The van der Waals surface area contributed by atoms with Crippen LogP contribution in [0.4, 0.5) is 47.7 Å². The number of benzene rings is 3. The van der Waals surface area contributed by atoms with Crippen LogP contribution in [-0.4, -0.2) is 88.8 Å². The second-order valence-corrected chi connectivity index (χ2v) is 19.1. The predicted molar refractivity (Wildman–Crippen MR) is 228 cm³/mol. The van der Waals surface area contributed by atoms with E-state index >= 15 is 8.78 Å². The molecule has 2 fully saturated rings. The topological polar surface area (TPSA) is 195 Å². The summed E-state index contributed by atoms with van der Waals surface area (Å²) in [7, 11) is -3.90. The highest BCUT2D eigenvalue weighted by molar-refractivity contribution is 7.94. The van der Waals surface area contributed by atoms with E-state index in [0.717, 1.165) is 30.4 Å². The lowest BCUT2D eigenvalue weighted by atomic mass is 9.88. The molecule has 5 N–H and O–H groups in total. The Morgan fingerprint density at radius 3 is 2.21 bits per heavy atom. The van der Waals surface area contributed by atoms with Crippen LogP contribution < -0.4 is 26.0 Å². The van der Waals surface area contributed by atoms with Crippen LogP contribution in [0.15, 0.2) is 54.7 Å². The molecule has 4 heterocycles. The number of piperidine rings is 2. The van der Waals surface area contributed by atoms with Crippen molar-refractivity contribution < 1.29 is 40.8 Å². The number of anilines is 6. The van der Waals surface area contributed by atoms with Crippen molar-refractivity contribution >= 4 is 68.2 Å². The minimum Gasteiger partial charge on any atom is -0.385 e. The van der Waals surface area contributed by atoms with E-state index in [1.807, 2.05) is 0 Å². The maximum absolute atomic E-state index is 15.6. The first-order valence-corrected chi connectivity index (χ1v) is 21.9. The van der Waals surface area contributed by atoms with Gasteiger partial charge in [-0.05, 0) is 134 Å². The molecule has 15 nitrogen and oxygen atoms in total. The number of hydrogen-bond donors (Lipinski definition) is 5. The van der Waals surface area contributed by atoms with Crippen LogP contribution >= 0.6 is 0 Å². The first kappa shape index (κ1) is 44.0. The van der Waals surface area contributed by atoms with Gasteiger partial charge in [0.15, 0.2) is 0 Å². The predicted octanol–water partition coefficient (Wildman–Crippen LogP) is 6.70. The Balaban J connectivity index is 0.878. The van der Waals surface area contributed by atoms with Gasteiger partial charge in [-0.1, -0.05) is 0 Å². The number of halogens is 3. The number of carbonyl (C=O) groups is 4. The van der Waals surface area contributed by atoms with Gasteiger partial charge in [-0.2, -0.15) is 4.98 Å². The van der Waals surface area contributed by atoms with Crippen molar-refractivity contribution in [1.29, 1.82) is 0 Å². The van der Waals surface area contributed by atoms with Gasteiger partial charge in [0, 0.05) is 47.4 Å². The van der Waals surface area contributed by atoms with Crippen LogP contribution in [0.5, 0.6) is 0 Å². The maximum Gasteiger partial charge on any atom is 0.262 e. The third-order valence-electron chi connectivity index (χ3n) is 11.3. The van der Waals surface area contributed by atoms with E-state index in [4.69, 9.17) is 0 Å². The number of sulfonamides is 1. The maximum atomic E-state index is 15.6. The standard InChI is InChI=1S/C43H48F3N9O6S/c1-24-23-48-42(52-38(24)49-27-8-10-31(44)34(22-27)53-62(60,61)43(2,3)4)50-28-20-32(45)37(33(46)21-28)25-13-17-54(18-14-25)16-6-5-15-47-26-7-9-29-30(19-26)41(59)55(40(29)58)35-11-12-36(56)51-39(35)57/h7-10,19-23,25,35,47,53H,5-6,11-18H2,1-4H3,(H,51,56,57)(H2,48,49,50,52). The SMILES string of the molecule is Cc1cnc(Nc2cc(F)c(C3CCN(CCCCNc4ccc5c(c4)C(=O)N(C4CCC(=O)NC4=O)C5=O)CC3)c(F)c2)nc1Nc1ccc(F)c(NS(=O)(=O)C(C)(C)C)c1. The van der Waals surface area contributed by atoms with Gasteiger partial charge in [0.2, 0.25) is 27.8 Å². The first-order chi connectivity index (χ1) is 29.4. The Morgan fingerprint density at radius 1 is 0.823 bits per heavy atom. The molecule has 1 atom stereocenters. The van der Waals surface area contributed by atoms with Gasteiger partial charge in [-0.25, -0.2) is 26.6 Å². The summed E-state index contributed by atoms with van der Waals surface area (Å²) in [6.07, 6.45) is 4.46. The molecule has 2 saturated heterocycles. The van der Waals surface area contributed by atoms with Gasteiger partial charge in [0.25, 0.3) is 11.8 Å². The molecule has 62 heavy (non-hydrogen) atoms. The van der Waals surface area contributed by atoms with Crippen LogP contribution in [0.1, 0.15) is 97.1 Å². The highest BCUT2D eigenvalue weighted by Gasteiger charge is 2.44. The molecule has 1 aromatic heterocycles. The molecule has 3 aliphatic rings. The van der Waals surface area contributed by atoms with E-state index in [2.05, 4.69) is 40.9 Å². The molecule has 7 rings (SSSR count). The molecule has 0 bridgehead atoms. The molecule has 0 aliphatic carbocycles. The van der Waals surface area contributed by atoms with Crippen molar-refractivity contribution in [3.8, 4) is 0 Å². The summed E-state index contributed by atoms with van der Waals surface area (Å²) >= 11 is 0. The largest absolute Gasteiger partial charge is 0.385 e. The number of amides is 4. The fourth-order valence-electron chi connectivity index (χ4n) is 7.64. The van der Waals surface area contributed by atoms with Crippen molar-refractivity contribution in [3.05, 3.63) is 94.4 Å². The van der Waals surface area contributed by atoms with Crippen LogP contribution in [0.2, 0.25) is 0 Å². The normalized spacial score (nSPS) is 17.5. The summed E-state index contributed by atoms with van der Waals surface area (Å²) in [6, 6.07) is 10.1. The number of nitrogens with one attached hydrogen (secondary N) is 5. The molecule has 1 unspecified atom stereocenters. The van der Waals surface area contributed by atoms with Crippen molar-refractivity contribution in [2.24, 2.45) is 0 Å². The minimum atomic E-state index is -3.90. The zero-order valence-corrected chi connectivity index (χ0v) is 35.5. The summed E-state index contributed by atoms with van der Waals surface area (Å²) in [5.74, 6) is -4.28. The van der Waals surface area contributed by atoms with Gasteiger partial charge < -0.3 is 20.9 Å². The van der Waals surface area contributed by atoms with Crippen LogP contribution in [0.3, 0.4) is 0 Å². The van der Waals surface area contributed by atoms with Gasteiger partial charge in [0.1, 0.15) is 29.3 Å². The lowest BCUT2D eigenvalue weighted by molar-refractivity contribution is -0.136. The van der Waals surface area contributed by atoms with E-state index < -0.39 is 61.9 Å². The Hall–Kier alpha value is -6.08. The summed E-state index contributed by atoms with van der Waals surface area (Å²) < 4.78 is 72.1. The van der Waals surface area contributed by atoms with Gasteiger partial charge in [-0.3, -0.25) is 34.1 Å². The molecule has 3 aliphatic heterocycles. The number of aryl methyl sites for hydroxylation is 1. The Bertz CT molecular complexity index is 2520. The summed E-state index contributed by atoms with van der Waals surface area (Å²) in [5, 5.41) is 11.4. The van der Waals surface area contributed by atoms with E-state index in [0.29, 0.717) is 55.2 Å². The number of likely N-dealkylation sites (tertiary alicyclic amines) is 1. The average Bonchev–Trinajstić information content (AvgIpc) is 3.45. The molecular formula is C43H48F3N9O6S. The molecule has 4 amide bonds. The molecule has 19 heteroatoms. The number of imide groups is 2. The van der Waals surface area contributed by atoms with Gasteiger partial charge >= 0.3 is 0 Å². The zero-order valence-electron chi connectivity index (χ0n) is 34.7. The van der Waals surface area contributed by atoms with Crippen molar-refractivity contribution in [3.63, 3.8) is 0 Å². The zero-order chi connectivity index (χ0) is 44.5. The lowest BCUT2D eigenvalue weighted by Crippen LogP contribution is -2.54. The van der Waals surface area contributed by atoms with Crippen LogP contribution in [0, 0.1) is 24.4 Å². The Kier molecular flexibility index (Phi) is 12.6. The molecule has 3 aromatic carbocycles.